The number of ketones is 1. The fraction of sp³-hybridized carbons (Fsp3) is 0. The number of carbonyl (C=O) groups excluding carboxylic acids is 1. The first-order chi connectivity index (χ1) is 5.63. The Kier molecular flexibility index (Phi) is 2.61. The summed E-state index contributed by atoms with van der Waals surface area (Å²) in [5.74, 6) is -1.76. The summed E-state index contributed by atoms with van der Waals surface area (Å²) < 4.78 is 12.4. The fourth-order valence-corrected chi connectivity index (χ4v) is 1.01. The van der Waals surface area contributed by atoms with Crippen molar-refractivity contribution in [1.82, 2.24) is 0 Å². The molecule has 0 fully saturated rings. The molecular formula is C9H6ClFO. The van der Waals surface area contributed by atoms with Crippen molar-refractivity contribution in [3.05, 3.63) is 47.3 Å². The van der Waals surface area contributed by atoms with Gasteiger partial charge in [0.25, 0.3) is 0 Å². The van der Waals surface area contributed by atoms with E-state index in [0.29, 0.717) is 0 Å². The van der Waals surface area contributed by atoms with Crippen molar-refractivity contribution < 1.29 is 9.18 Å². The summed E-state index contributed by atoms with van der Waals surface area (Å²) in [5.41, 5.74) is 0.145. The molecule has 3 heteroatoms. The maximum Gasteiger partial charge on any atom is 0.222 e. The van der Waals surface area contributed by atoms with Crippen LogP contribution in [0.4, 0.5) is 4.39 Å². The predicted octanol–water partition coefficient (Wildman–Crippen LogP) is 3.01. The molecule has 62 valence electrons. The Hall–Kier alpha value is -1.15. The van der Waals surface area contributed by atoms with Crippen LogP contribution in [0.15, 0.2) is 36.7 Å². The summed E-state index contributed by atoms with van der Waals surface area (Å²) in [6.45, 7) is 2.90. The van der Waals surface area contributed by atoms with E-state index in [1.807, 2.05) is 0 Å². The molecule has 0 atom stereocenters. The number of halogens is 2. The standard InChI is InChI=1S/C9H6ClFO/c1-6(11)9(12)7-4-2-3-5-8(7)10/h2-5H,1H2. The van der Waals surface area contributed by atoms with Crippen LogP contribution in [0.2, 0.25) is 5.02 Å². The summed E-state index contributed by atoms with van der Waals surface area (Å²) in [6.07, 6.45) is 0. The lowest BCUT2D eigenvalue weighted by atomic mass is 10.1. The van der Waals surface area contributed by atoms with Crippen molar-refractivity contribution in [1.29, 1.82) is 0 Å². The molecule has 0 bridgehead atoms. The third kappa shape index (κ3) is 1.71. The third-order valence-electron chi connectivity index (χ3n) is 1.36. The molecule has 0 spiro atoms. The second kappa shape index (κ2) is 3.50. The molecule has 0 N–H and O–H groups in total. The van der Waals surface area contributed by atoms with E-state index in [-0.39, 0.29) is 10.6 Å². The number of carbonyl (C=O) groups is 1. The number of benzene rings is 1. The molecule has 1 rings (SSSR count). The van der Waals surface area contributed by atoms with Crippen LogP contribution in [-0.2, 0) is 0 Å². The van der Waals surface area contributed by atoms with E-state index >= 15 is 0 Å². The summed E-state index contributed by atoms with van der Waals surface area (Å²) >= 11 is 5.63. The monoisotopic (exact) mass is 184 g/mol. The molecule has 1 aromatic rings. The number of hydrogen-bond donors (Lipinski definition) is 0. The van der Waals surface area contributed by atoms with Crippen LogP contribution in [-0.4, -0.2) is 5.78 Å². The van der Waals surface area contributed by atoms with E-state index < -0.39 is 11.6 Å². The molecule has 1 aromatic carbocycles. The summed E-state index contributed by atoms with van der Waals surface area (Å²) in [5, 5.41) is 0.237. The Balaban J connectivity index is 3.11. The molecule has 0 aromatic heterocycles. The first kappa shape index (κ1) is 8.94. The molecular weight excluding hydrogens is 179 g/mol. The molecule has 0 unspecified atom stereocenters. The summed E-state index contributed by atoms with van der Waals surface area (Å²) in [4.78, 5) is 11.0. The van der Waals surface area contributed by atoms with Gasteiger partial charge in [-0.25, -0.2) is 4.39 Å². The van der Waals surface area contributed by atoms with Crippen molar-refractivity contribution in [2.75, 3.05) is 0 Å². The topological polar surface area (TPSA) is 17.1 Å². The Labute approximate surface area is 74.5 Å². The number of allylic oxidation sites excluding steroid dienone is 1. The maximum absolute atomic E-state index is 12.4. The molecule has 12 heavy (non-hydrogen) atoms. The lowest BCUT2D eigenvalue weighted by Gasteiger charge is -1.98. The normalized spacial score (nSPS) is 9.50. The number of hydrogen-bond acceptors (Lipinski definition) is 1. The van der Waals surface area contributed by atoms with Gasteiger partial charge in [-0.3, -0.25) is 4.79 Å². The van der Waals surface area contributed by atoms with Crippen molar-refractivity contribution in [3.8, 4) is 0 Å². The summed E-state index contributed by atoms with van der Waals surface area (Å²) in [7, 11) is 0. The highest BCUT2D eigenvalue weighted by Crippen LogP contribution is 2.18. The van der Waals surface area contributed by atoms with E-state index in [9.17, 15) is 9.18 Å². The number of Topliss-reactive ketones (excluding diaryl/α,β-unsaturated/α-hetero) is 1. The fourth-order valence-electron chi connectivity index (χ4n) is 0.791. The zero-order chi connectivity index (χ0) is 9.14. The Morgan fingerprint density at radius 3 is 2.50 bits per heavy atom. The van der Waals surface area contributed by atoms with Crippen molar-refractivity contribution in [2.45, 2.75) is 0 Å². The van der Waals surface area contributed by atoms with Crippen LogP contribution < -0.4 is 0 Å². The van der Waals surface area contributed by atoms with Crippen molar-refractivity contribution in [2.24, 2.45) is 0 Å². The van der Waals surface area contributed by atoms with E-state index in [2.05, 4.69) is 6.58 Å². The second-order valence-electron chi connectivity index (χ2n) is 2.21. The van der Waals surface area contributed by atoms with Crippen molar-refractivity contribution in [3.63, 3.8) is 0 Å². The Bertz CT molecular complexity index is 333. The lowest BCUT2D eigenvalue weighted by molar-refractivity contribution is 0.101. The van der Waals surface area contributed by atoms with Crippen LogP contribution in [0.25, 0.3) is 0 Å². The first-order valence-corrected chi connectivity index (χ1v) is 3.64. The Morgan fingerprint density at radius 1 is 1.42 bits per heavy atom. The number of rotatable bonds is 2. The second-order valence-corrected chi connectivity index (χ2v) is 2.62. The van der Waals surface area contributed by atoms with Gasteiger partial charge in [-0.2, -0.15) is 0 Å². The van der Waals surface area contributed by atoms with Crippen LogP contribution in [0.3, 0.4) is 0 Å². The molecule has 0 aliphatic rings. The van der Waals surface area contributed by atoms with Gasteiger partial charge in [0, 0.05) is 5.56 Å². The van der Waals surface area contributed by atoms with E-state index in [0.717, 1.165) is 0 Å². The van der Waals surface area contributed by atoms with Gasteiger partial charge >= 0.3 is 0 Å². The average Bonchev–Trinajstić information content (AvgIpc) is 2.04. The van der Waals surface area contributed by atoms with Gasteiger partial charge in [-0.05, 0) is 12.1 Å². The largest absolute Gasteiger partial charge is 0.286 e. The smallest absolute Gasteiger partial charge is 0.222 e. The van der Waals surface area contributed by atoms with Crippen LogP contribution in [0, 0.1) is 0 Å². The van der Waals surface area contributed by atoms with E-state index in [1.165, 1.54) is 12.1 Å². The minimum Gasteiger partial charge on any atom is -0.286 e. The van der Waals surface area contributed by atoms with Crippen LogP contribution in [0.5, 0.6) is 0 Å². The Morgan fingerprint density at radius 2 is 2.00 bits per heavy atom. The van der Waals surface area contributed by atoms with Gasteiger partial charge in [0.1, 0.15) is 0 Å². The van der Waals surface area contributed by atoms with Gasteiger partial charge in [0.2, 0.25) is 5.78 Å². The molecule has 0 radical (unpaired) electrons. The van der Waals surface area contributed by atoms with E-state index in [4.69, 9.17) is 11.6 Å². The molecule has 0 saturated carbocycles. The SMILES string of the molecule is C=C(F)C(=O)c1ccccc1Cl. The van der Waals surface area contributed by atoms with Crippen LogP contribution in [0.1, 0.15) is 10.4 Å². The molecule has 0 saturated heterocycles. The maximum atomic E-state index is 12.4. The van der Waals surface area contributed by atoms with Crippen LogP contribution >= 0.6 is 11.6 Å². The average molecular weight is 185 g/mol. The van der Waals surface area contributed by atoms with Crippen molar-refractivity contribution >= 4 is 17.4 Å². The molecule has 0 aliphatic carbocycles. The molecule has 0 aliphatic heterocycles. The lowest BCUT2D eigenvalue weighted by Crippen LogP contribution is -1.98. The zero-order valence-corrected chi connectivity index (χ0v) is 6.94. The zero-order valence-electron chi connectivity index (χ0n) is 6.18. The van der Waals surface area contributed by atoms with Gasteiger partial charge < -0.3 is 0 Å². The van der Waals surface area contributed by atoms with Gasteiger partial charge in [0.05, 0.1) is 5.02 Å². The minimum absolute atomic E-state index is 0.145. The predicted molar refractivity (Wildman–Crippen MR) is 46.0 cm³/mol. The summed E-state index contributed by atoms with van der Waals surface area (Å²) in [6, 6.07) is 6.26. The molecule has 0 amide bonds. The molecule has 1 nitrogen and oxygen atoms in total. The van der Waals surface area contributed by atoms with Gasteiger partial charge in [-0.1, -0.05) is 30.3 Å². The van der Waals surface area contributed by atoms with E-state index in [1.54, 1.807) is 12.1 Å². The molecule has 0 heterocycles. The highest BCUT2D eigenvalue weighted by molar-refractivity contribution is 6.34. The van der Waals surface area contributed by atoms with Gasteiger partial charge in [-0.15, -0.1) is 0 Å². The highest BCUT2D eigenvalue weighted by Gasteiger charge is 2.11. The highest BCUT2D eigenvalue weighted by atomic mass is 35.5. The van der Waals surface area contributed by atoms with Gasteiger partial charge in [0.15, 0.2) is 5.83 Å². The quantitative estimate of drug-likeness (QED) is 0.510. The first-order valence-electron chi connectivity index (χ1n) is 3.26. The minimum atomic E-state index is -0.997. The third-order valence-corrected chi connectivity index (χ3v) is 1.69.